The molecule has 0 saturated heterocycles. The number of benzene rings is 3. The number of ether oxygens (including phenoxy) is 1. The topological polar surface area (TPSA) is 104 Å². The van der Waals surface area contributed by atoms with Crippen molar-refractivity contribution in [1.29, 1.82) is 0 Å². The van der Waals surface area contributed by atoms with Crippen molar-refractivity contribution in [1.82, 2.24) is 10.3 Å². The van der Waals surface area contributed by atoms with Gasteiger partial charge in [0.1, 0.15) is 11.3 Å². The molecule has 4 atom stereocenters. The lowest BCUT2D eigenvalue weighted by molar-refractivity contribution is -0.144. The standard InChI is InChI=1S/C48H60ClN3O4/c1-33(32-56-44-20-26-51-42-17-9-11-34(2)45(42)44)27-38-28-36-18-19-37(43(31-53)50-25-8-4-7-14-35-12-5-3-6-13-35)29-41(36)47(38)21-23-48(24-22-47,46(54)55)52-40-16-10-15-39(49)30-40/h3,5-6,10,12-13,15-16,18-20,26,29-30,33-34,38,43,50,52-53H,4,7-9,11,14,17,21-25,27-28,31-32H2,1-2H3,(H,54,55)/t33-,34-,38+,43+,47?,48?/m1/s1. The number of carboxylic acids is 1. The summed E-state index contributed by atoms with van der Waals surface area (Å²) in [5, 5.41) is 29.0. The average Bonchev–Trinajstić information content (AvgIpc) is 3.49. The van der Waals surface area contributed by atoms with Crippen molar-refractivity contribution in [3.05, 3.63) is 124 Å². The summed E-state index contributed by atoms with van der Waals surface area (Å²) in [6.07, 6.45) is 14.2. The molecular formula is C48H60ClN3O4. The Hall–Kier alpha value is -3.91. The zero-order chi connectivity index (χ0) is 39.1. The maximum absolute atomic E-state index is 13.1. The summed E-state index contributed by atoms with van der Waals surface area (Å²) in [7, 11) is 0. The second kappa shape index (κ2) is 18.1. The van der Waals surface area contributed by atoms with Crippen LogP contribution in [0.5, 0.6) is 5.75 Å². The first kappa shape index (κ1) is 40.3. The molecule has 0 radical (unpaired) electrons. The van der Waals surface area contributed by atoms with E-state index in [1.165, 1.54) is 40.8 Å². The fourth-order valence-corrected chi connectivity index (χ4v) is 10.4. The van der Waals surface area contributed by atoms with Crippen LogP contribution in [-0.2, 0) is 29.5 Å². The van der Waals surface area contributed by atoms with Gasteiger partial charge in [-0.2, -0.15) is 0 Å². The minimum atomic E-state index is -1.08. The van der Waals surface area contributed by atoms with Gasteiger partial charge < -0.3 is 25.6 Å². The number of pyridine rings is 1. The van der Waals surface area contributed by atoms with Crippen LogP contribution >= 0.6 is 11.6 Å². The summed E-state index contributed by atoms with van der Waals surface area (Å²) >= 11 is 6.32. The number of hydrogen-bond donors (Lipinski definition) is 4. The van der Waals surface area contributed by atoms with E-state index in [9.17, 15) is 15.0 Å². The highest BCUT2D eigenvalue weighted by Gasteiger charge is 2.54. The van der Waals surface area contributed by atoms with Crippen LogP contribution in [0.2, 0.25) is 5.02 Å². The SMILES string of the molecule is C[C@@H](COc1ccnc2c1[C@H](C)CCC2)C[C@H]1Cc2ccc([C@H](CO)NCCCCCc3ccccc3)cc2C12CCC(Nc1cccc(Cl)c1)(C(=O)O)CC2. The van der Waals surface area contributed by atoms with Gasteiger partial charge in [-0.25, -0.2) is 4.79 Å². The van der Waals surface area contributed by atoms with E-state index in [0.717, 1.165) is 81.3 Å². The van der Waals surface area contributed by atoms with Crippen LogP contribution in [0.3, 0.4) is 0 Å². The fourth-order valence-electron chi connectivity index (χ4n) is 10.2. The Labute approximate surface area is 338 Å². The van der Waals surface area contributed by atoms with E-state index >= 15 is 0 Å². The van der Waals surface area contributed by atoms with Crippen molar-refractivity contribution in [2.45, 2.75) is 120 Å². The first-order chi connectivity index (χ1) is 27.2. The Morgan fingerprint density at radius 2 is 1.82 bits per heavy atom. The van der Waals surface area contributed by atoms with Gasteiger partial charge >= 0.3 is 5.97 Å². The number of aryl methyl sites for hydroxylation is 2. The van der Waals surface area contributed by atoms with Crippen molar-refractivity contribution in [2.24, 2.45) is 11.8 Å². The molecule has 7 nitrogen and oxygen atoms in total. The number of hydrogen-bond acceptors (Lipinski definition) is 6. The fraction of sp³-hybridized carbons (Fsp3) is 0.500. The lowest BCUT2D eigenvalue weighted by atomic mass is 9.59. The van der Waals surface area contributed by atoms with Gasteiger partial charge in [-0.3, -0.25) is 4.98 Å². The monoisotopic (exact) mass is 777 g/mol. The molecule has 1 heterocycles. The normalized spacial score (nSPS) is 23.9. The Morgan fingerprint density at radius 3 is 2.59 bits per heavy atom. The predicted octanol–water partition coefficient (Wildman–Crippen LogP) is 10.2. The second-order valence-electron chi connectivity index (χ2n) is 17.1. The highest BCUT2D eigenvalue weighted by Crippen LogP contribution is 2.56. The molecule has 0 unspecified atom stereocenters. The highest BCUT2D eigenvalue weighted by molar-refractivity contribution is 6.30. The van der Waals surface area contributed by atoms with E-state index in [0.29, 0.717) is 42.2 Å². The molecule has 56 heavy (non-hydrogen) atoms. The smallest absolute Gasteiger partial charge is 0.329 e. The Kier molecular flexibility index (Phi) is 13.0. The number of aromatic nitrogens is 1. The van der Waals surface area contributed by atoms with Gasteiger partial charge in [0, 0.05) is 28.2 Å². The van der Waals surface area contributed by atoms with Crippen molar-refractivity contribution >= 4 is 23.3 Å². The molecule has 4 aromatic rings. The van der Waals surface area contributed by atoms with Crippen LogP contribution in [0, 0.1) is 11.8 Å². The maximum Gasteiger partial charge on any atom is 0.329 e. The zero-order valence-corrected chi connectivity index (χ0v) is 34.0. The molecule has 4 N–H and O–H groups in total. The largest absolute Gasteiger partial charge is 0.493 e. The number of nitrogens with one attached hydrogen (secondary N) is 2. The van der Waals surface area contributed by atoms with E-state index in [-0.39, 0.29) is 18.1 Å². The summed E-state index contributed by atoms with van der Waals surface area (Å²) in [5.74, 6) is 1.27. The number of carboxylic acid groups (broad SMARTS) is 1. The van der Waals surface area contributed by atoms with Gasteiger partial charge in [0.25, 0.3) is 0 Å². The van der Waals surface area contributed by atoms with Crippen molar-refractivity contribution in [3.8, 4) is 5.75 Å². The minimum absolute atomic E-state index is 0.0244. The first-order valence-electron chi connectivity index (χ1n) is 21.1. The van der Waals surface area contributed by atoms with Gasteiger partial charge in [-0.1, -0.05) is 86.5 Å². The minimum Gasteiger partial charge on any atom is -0.493 e. The quantitative estimate of drug-likeness (QED) is 0.0792. The van der Waals surface area contributed by atoms with Crippen molar-refractivity contribution < 1.29 is 19.7 Å². The lowest BCUT2D eigenvalue weighted by Gasteiger charge is -2.47. The van der Waals surface area contributed by atoms with Gasteiger partial charge in [0.05, 0.1) is 19.3 Å². The van der Waals surface area contributed by atoms with Crippen LogP contribution in [0.4, 0.5) is 5.69 Å². The van der Waals surface area contributed by atoms with Crippen LogP contribution in [0.15, 0.2) is 85.1 Å². The number of halogens is 1. The molecule has 298 valence electrons. The summed E-state index contributed by atoms with van der Waals surface area (Å²) in [5.41, 5.74) is 7.14. The molecule has 8 heteroatoms. The van der Waals surface area contributed by atoms with Crippen molar-refractivity contribution in [2.75, 3.05) is 25.1 Å². The highest BCUT2D eigenvalue weighted by atomic mass is 35.5. The van der Waals surface area contributed by atoms with Crippen LogP contribution in [0.25, 0.3) is 0 Å². The zero-order valence-electron chi connectivity index (χ0n) is 33.2. The molecule has 7 rings (SSSR count). The molecule has 1 aromatic heterocycles. The van der Waals surface area contributed by atoms with Crippen LogP contribution in [0.1, 0.15) is 124 Å². The molecule has 0 bridgehead atoms. The number of unbranched alkanes of at least 4 members (excludes halogenated alkanes) is 2. The van der Waals surface area contributed by atoms with Gasteiger partial charge in [0.15, 0.2) is 0 Å². The Bertz CT molecular complexity index is 1930. The summed E-state index contributed by atoms with van der Waals surface area (Å²) < 4.78 is 6.62. The molecule has 1 fully saturated rings. The number of rotatable bonds is 17. The van der Waals surface area contributed by atoms with Gasteiger partial charge in [0.2, 0.25) is 0 Å². The van der Waals surface area contributed by atoms with Gasteiger partial charge in [-0.15, -0.1) is 0 Å². The summed E-state index contributed by atoms with van der Waals surface area (Å²) in [6.45, 7) is 6.09. The number of aliphatic hydroxyl groups excluding tert-OH is 1. The van der Waals surface area contributed by atoms with E-state index < -0.39 is 11.5 Å². The molecule has 3 aromatic carbocycles. The molecule has 1 saturated carbocycles. The second-order valence-corrected chi connectivity index (χ2v) is 17.5. The molecule has 3 aliphatic carbocycles. The van der Waals surface area contributed by atoms with E-state index in [1.54, 1.807) is 0 Å². The number of fused-ring (bicyclic) bond motifs is 3. The molecule has 1 spiro atoms. The number of carbonyl (C=O) groups is 1. The molecule has 0 amide bonds. The third-order valence-corrected chi connectivity index (χ3v) is 13.5. The average molecular weight is 778 g/mol. The Morgan fingerprint density at radius 1 is 1.00 bits per heavy atom. The summed E-state index contributed by atoms with van der Waals surface area (Å²) in [6, 6.07) is 26.7. The van der Waals surface area contributed by atoms with E-state index in [2.05, 4.69) is 78.0 Å². The summed E-state index contributed by atoms with van der Waals surface area (Å²) in [4.78, 5) is 17.8. The predicted molar refractivity (Wildman–Crippen MR) is 226 cm³/mol. The molecule has 3 aliphatic rings. The third kappa shape index (κ3) is 8.96. The van der Waals surface area contributed by atoms with Crippen LogP contribution < -0.4 is 15.4 Å². The van der Waals surface area contributed by atoms with E-state index in [4.69, 9.17) is 16.3 Å². The van der Waals surface area contributed by atoms with Crippen molar-refractivity contribution in [3.63, 3.8) is 0 Å². The van der Waals surface area contributed by atoms with E-state index in [1.807, 2.05) is 36.5 Å². The van der Waals surface area contributed by atoms with Gasteiger partial charge in [-0.05, 0) is 153 Å². The first-order valence-corrected chi connectivity index (χ1v) is 21.5. The van der Waals surface area contributed by atoms with Crippen LogP contribution in [-0.4, -0.2) is 46.5 Å². The Balaban J connectivity index is 1.08. The molecular weight excluding hydrogens is 718 g/mol. The molecule has 0 aliphatic heterocycles. The number of nitrogens with zero attached hydrogens (tertiary/aromatic N) is 1. The lowest BCUT2D eigenvalue weighted by Crippen LogP contribution is -2.53. The third-order valence-electron chi connectivity index (χ3n) is 13.3. The number of aliphatic hydroxyl groups is 1. The number of aliphatic carboxylic acids is 1. The maximum atomic E-state index is 13.1. The number of anilines is 1.